The quantitative estimate of drug-likeness (QED) is 0.418. The highest BCUT2D eigenvalue weighted by molar-refractivity contribution is 6.04. The molecular formula is C21H13N3O5. The molecule has 4 rings (SSSR count). The molecule has 0 aliphatic heterocycles. The van der Waals surface area contributed by atoms with Crippen molar-refractivity contribution in [2.24, 2.45) is 0 Å². The number of non-ortho nitro benzene ring substituents is 1. The first-order valence-corrected chi connectivity index (χ1v) is 8.57. The van der Waals surface area contributed by atoms with Gasteiger partial charge in [0.15, 0.2) is 0 Å². The first-order valence-electron chi connectivity index (χ1n) is 8.57. The van der Waals surface area contributed by atoms with Crippen LogP contribution in [0.4, 0.5) is 11.4 Å². The number of hydrogen-bond donors (Lipinski definition) is 1. The predicted molar refractivity (Wildman–Crippen MR) is 107 cm³/mol. The molecule has 3 aromatic carbocycles. The van der Waals surface area contributed by atoms with E-state index in [9.17, 15) is 19.7 Å². The van der Waals surface area contributed by atoms with Gasteiger partial charge in [-0.05, 0) is 42.5 Å². The zero-order chi connectivity index (χ0) is 20.4. The molecule has 0 aliphatic carbocycles. The van der Waals surface area contributed by atoms with Crippen molar-refractivity contribution in [2.75, 3.05) is 5.32 Å². The summed E-state index contributed by atoms with van der Waals surface area (Å²) in [5.74, 6) is -0.304. The largest absolute Gasteiger partial charge is 0.403 e. The summed E-state index contributed by atoms with van der Waals surface area (Å²) in [6.07, 6.45) is 0. The van der Waals surface area contributed by atoms with E-state index in [-0.39, 0.29) is 17.1 Å². The summed E-state index contributed by atoms with van der Waals surface area (Å²) in [4.78, 5) is 39.1. The number of amides is 1. The summed E-state index contributed by atoms with van der Waals surface area (Å²) < 4.78 is 5.28. The van der Waals surface area contributed by atoms with Gasteiger partial charge >= 0.3 is 5.63 Å². The van der Waals surface area contributed by atoms with E-state index in [4.69, 9.17) is 4.42 Å². The van der Waals surface area contributed by atoms with Crippen molar-refractivity contribution in [3.8, 4) is 11.5 Å². The summed E-state index contributed by atoms with van der Waals surface area (Å²) in [6, 6.07) is 18.9. The lowest BCUT2D eigenvalue weighted by molar-refractivity contribution is -0.384. The highest BCUT2D eigenvalue weighted by Crippen LogP contribution is 2.21. The van der Waals surface area contributed by atoms with Crippen LogP contribution in [0.2, 0.25) is 0 Å². The van der Waals surface area contributed by atoms with Crippen LogP contribution in [0.25, 0.3) is 22.4 Å². The predicted octanol–water partition coefficient (Wildman–Crippen LogP) is 4.02. The number of para-hydroxylation sites is 1. The van der Waals surface area contributed by atoms with Crippen LogP contribution in [-0.4, -0.2) is 15.8 Å². The van der Waals surface area contributed by atoms with Gasteiger partial charge in [0.1, 0.15) is 0 Å². The van der Waals surface area contributed by atoms with E-state index in [2.05, 4.69) is 10.3 Å². The zero-order valence-electron chi connectivity index (χ0n) is 14.9. The Morgan fingerprint density at radius 3 is 2.52 bits per heavy atom. The van der Waals surface area contributed by atoms with Gasteiger partial charge in [-0.1, -0.05) is 18.2 Å². The molecule has 0 aliphatic rings. The SMILES string of the molecule is O=C(Nc1ccc(-c2nc3ccccc3c(=O)o2)cc1)c1cccc([N+](=O)[O-])c1. The lowest BCUT2D eigenvalue weighted by Crippen LogP contribution is -2.12. The van der Waals surface area contributed by atoms with Crippen molar-refractivity contribution in [1.29, 1.82) is 0 Å². The topological polar surface area (TPSA) is 115 Å². The van der Waals surface area contributed by atoms with E-state index >= 15 is 0 Å². The number of benzene rings is 3. The minimum absolute atomic E-state index is 0.162. The van der Waals surface area contributed by atoms with Crippen LogP contribution in [0.5, 0.6) is 0 Å². The lowest BCUT2D eigenvalue weighted by atomic mass is 10.1. The number of nitrogens with zero attached hydrogens (tertiary/aromatic N) is 2. The van der Waals surface area contributed by atoms with Crippen LogP contribution in [0, 0.1) is 10.1 Å². The number of nitro benzene ring substituents is 1. The molecule has 8 nitrogen and oxygen atoms in total. The number of fused-ring (bicyclic) bond motifs is 1. The molecule has 142 valence electrons. The Bertz CT molecular complexity index is 1300. The molecule has 8 heteroatoms. The maximum absolute atomic E-state index is 12.3. The fraction of sp³-hybridized carbons (Fsp3) is 0. The summed E-state index contributed by atoms with van der Waals surface area (Å²) in [6.45, 7) is 0. The van der Waals surface area contributed by atoms with E-state index < -0.39 is 16.5 Å². The Balaban J connectivity index is 1.57. The fourth-order valence-electron chi connectivity index (χ4n) is 2.80. The van der Waals surface area contributed by atoms with Crippen molar-refractivity contribution in [1.82, 2.24) is 4.98 Å². The molecule has 1 heterocycles. The number of carbonyl (C=O) groups is 1. The molecule has 1 N–H and O–H groups in total. The van der Waals surface area contributed by atoms with Gasteiger partial charge in [-0.15, -0.1) is 0 Å². The number of nitro groups is 1. The number of aromatic nitrogens is 1. The minimum Gasteiger partial charge on any atom is -0.403 e. The van der Waals surface area contributed by atoms with Crippen molar-refractivity contribution in [3.63, 3.8) is 0 Å². The second kappa shape index (κ2) is 7.35. The summed E-state index contributed by atoms with van der Waals surface area (Å²) in [5, 5.41) is 13.9. The van der Waals surface area contributed by atoms with E-state index in [1.165, 1.54) is 24.3 Å². The van der Waals surface area contributed by atoms with Crippen LogP contribution in [0.3, 0.4) is 0 Å². The normalized spacial score (nSPS) is 10.6. The smallest absolute Gasteiger partial charge is 0.347 e. The number of carbonyl (C=O) groups excluding carboxylic acids is 1. The Morgan fingerprint density at radius 1 is 1.00 bits per heavy atom. The van der Waals surface area contributed by atoms with E-state index in [1.807, 2.05) is 0 Å². The Morgan fingerprint density at radius 2 is 1.76 bits per heavy atom. The van der Waals surface area contributed by atoms with Crippen molar-refractivity contribution >= 4 is 28.2 Å². The fourth-order valence-corrected chi connectivity index (χ4v) is 2.80. The first kappa shape index (κ1) is 18.1. The minimum atomic E-state index is -0.560. The average Bonchev–Trinajstić information content (AvgIpc) is 2.74. The zero-order valence-corrected chi connectivity index (χ0v) is 14.9. The molecular weight excluding hydrogens is 374 g/mol. The summed E-state index contributed by atoms with van der Waals surface area (Å²) >= 11 is 0. The van der Waals surface area contributed by atoms with Gasteiger partial charge in [0.2, 0.25) is 5.89 Å². The Labute approximate surface area is 163 Å². The molecule has 0 atom stereocenters. The molecule has 0 bridgehead atoms. The standard InChI is InChI=1S/C21H13N3O5/c25-19(14-4-3-5-16(12-14)24(27)28)22-15-10-8-13(9-11-15)20-23-18-7-2-1-6-17(18)21(26)29-20/h1-12H,(H,22,25). The van der Waals surface area contributed by atoms with Crippen LogP contribution < -0.4 is 10.9 Å². The summed E-state index contributed by atoms with van der Waals surface area (Å²) in [7, 11) is 0. The highest BCUT2D eigenvalue weighted by Gasteiger charge is 2.12. The van der Waals surface area contributed by atoms with Gasteiger partial charge in [-0.3, -0.25) is 14.9 Å². The number of nitrogens with one attached hydrogen (secondary N) is 1. The van der Waals surface area contributed by atoms with Crippen LogP contribution >= 0.6 is 0 Å². The molecule has 1 amide bonds. The Hall–Kier alpha value is -4.33. The highest BCUT2D eigenvalue weighted by atomic mass is 16.6. The van der Waals surface area contributed by atoms with Gasteiger partial charge in [0.05, 0.1) is 15.8 Å². The molecule has 1 aromatic heterocycles. The molecule has 29 heavy (non-hydrogen) atoms. The number of hydrogen-bond acceptors (Lipinski definition) is 6. The van der Waals surface area contributed by atoms with Gasteiger partial charge in [0.25, 0.3) is 11.6 Å². The van der Waals surface area contributed by atoms with E-state index in [0.29, 0.717) is 22.2 Å². The van der Waals surface area contributed by atoms with Crippen molar-refractivity contribution < 1.29 is 14.1 Å². The molecule has 0 saturated carbocycles. The molecule has 4 aromatic rings. The van der Waals surface area contributed by atoms with Crippen molar-refractivity contribution in [3.05, 3.63) is 98.9 Å². The number of anilines is 1. The summed E-state index contributed by atoms with van der Waals surface area (Å²) in [5.41, 5.74) is 1.11. The monoisotopic (exact) mass is 387 g/mol. The van der Waals surface area contributed by atoms with Crippen LogP contribution in [0.15, 0.2) is 82.0 Å². The average molecular weight is 387 g/mol. The number of rotatable bonds is 4. The van der Waals surface area contributed by atoms with Gasteiger partial charge in [0, 0.05) is 28.9 Å². The van der Waals surface area contributed by atoms with Crippen LogP contribution in [0.1, 0.15) is 10.4 Å². The molecule has 0 radical (unpaired) electrons. The third-order valence-electron chi connectivity index (χ3n) is 4.24. The van der Waals surface area contributed by atoms with Crippen molar-refractivity contribution in [2.45, 2.75) is 0 Å². The second-order valence-electron chi connectivity index (χ2n) is 6.16. The first-order chi connectivity index (χ1) is 14.0. The van der Waals surface area contributed by atoms with E-state index in [1.54, 1.807) is 48.5 Å². The molecule has 0 spiro atoms. The van der Waals surface area contributed by atoms with Gasteiger partial charge < -0.3 is 9.73 Å². The molecule has 0 fully saturated rings. The van der Waals surface area contributed by atoms with Gasteiger partial charge in [-0.2, -0.15) is 0 Å². The third kappa shape index (κ3) is 3.72. The lowest BCUT2D eigenvalue weighted by Gasteiger charge is -2.06. The van der Waals surface area contributed by atoms with E-state index in [0.717, 1.165) is 0 Å². The maximum atomic E-state index is 12.3. The second-order valence-corrected chi connectivity index (χ2v) is 6.16. The maximum Gasteiger partial charge on any atom is 0.347 e. The van der Waals surface area contributed by atoms with Crippen LogP contribution in [-0.2, 0) is 0 Å². The van der Waals surface area contributed by atoms with Gasteiger partial charge in [-0.25, -0.2) is 9.78 Å². The third-order valence-corrected chi connectivity index (χ3v) is 4.24. The molecule has 0 saturated heterocycles. The molecule has 0 unspecified atom stereocenters. The Kier molecular flexibility index (Phi) is 4.58.